The third-order valence-corrected chi connectivity index (χ3v) is 3.59. The molecular formula is C16H23N3O3. The fourth-order valence-corrected chi connectivity index (χ4v) is 2.44. The molecule has 1 saturated heterocycles. The normalized spacial score (nSPS) is 15.0. The van der Waals surface area contributed by atoms with E-state index in [9.17, 15) is 9.59 Å². The van der Waals surface area contributed by atoms with Crippen LogP contribution in [0.4, 0.5) is 16.2 Å². The van der Waals surface area contributed by atoms with E-state index in [-0.39, 0.29) is 18.5 Å². The van der Waals surface area contributed by atoms with Gasteiger partial charge in [-0.1, -0.05) is 12.8 Å². The Hall–Kier alpha value is -2.08. The van der Waals surface area contributed by atoms with Crippen LogP contribution in [0.25, 0.3) is 0 Å². The van der Waals surface area contributed by atoms with E-state index >= 15 is 0 Å². The SMILES string of the molecule is COCC(=O)Nc1ccc(NC(=O)N2CCCCCC2)cc1. The van der Waals surface area contributed by atoms with Gasteiger partial charge in [0.15, 0.2) is 0 Å². The molecule has 6 nitrogen and oxygen atoms in total. The summed E-state index contributed by atoms with van der Waals surface area (Å²) in [5.74, 6) is -0.205. The van der Waals surface area contributed by atoms with Crippen LogP contribution < -0.4 is 10.6 Å². The maximum absolute atomic E-state index is 12.2. The second kappa shape index (κ2) is 8.38. The minimum Gasteiger partial charge on any atom is -0.375 e. The lowest BCUT2D eigenvalue weighted by molar-refractivity contribution is -0.119. The molecule has 0 radical (unpaired) electrons. The van der Waals surface area contributed by atoms with Crippen LogP contribution in [0.5, 0.6) is 0 Å². The fourth-order valence-electron chi connectivity index (χ4n) is 2.44. The summed E-state index contributed by atoms with van der Waals surface area (Å²) in [5.41, 5.74) is 1.40. The Morgan fingerprint density at radius 1 is 1.00 bits per heavy atom. The number of benzene rings is 1. The predicted molar refractivity (Wildman–Crippen MR) is 86.0 cm³/mol. The van der Waals surface area contributed by atoms with Gasteiger partial charge in [0.1, 0.15) is 6.61 Å². The van der Waals surface area contributed by atoms with Gasteiger partial charge in [-0.05, 0) is 37.1 Å². The number of methoxy groups -OCH3 is 1. The van der Waals surface area contributed by atoms with Crippen LogP contribution in [0.15, 0.2) is 24.3 Å². The summed E-state index contributed by atoms with van der Waals surface area (Å²) in [6, 6.07) is 7.01. The number of nitrogens with one attached hydrogen (secondary N) is 2. The standard InChI is InChI=1S/C16H23N3O3/c1-22-12-15(20)17-13-6-8-14(9-7-13)18-16(21)19-10-4-2-3-5-11-19/h6-9H,2-5,10-12H2,1H3,(H,17,20)(H,18,21). The lowest BCUT2D eigenvalue weighted by Crippen LogP contribution is -2.35. The Labute approximate surface area is 130 Å². The minimum atomic E-state index is -0.205. The van der Waals surface area contributed by atoms with Crippen molar-refractivity contribution in [2.45, 2.75) is 25.7 Å². The van der Waals surface area contributed by atoms with Gasteiger partial charge < -0.3 is 20.3 Å². The van der Waals surface area contributed by atoms with Crippen LogP contribution in [-0.4, -0.2) is 43.6 Å². The van der Waals surface area contributed by atoms with Crippen LogP contribution in [0.2, 0.25) is 0 Å². The number of carbonyl (C=O) groups is 2. The number of likely N-dealkylation sites (tertiary alicyclic amines) is 1. The van der Waals surface area contributed by atoms with Gasteiger partial charge in [0.25, 0.3) is 0 Å². The van der Waals surface area contributed by atoms with Gasteiger partial charge >= 0.3 is 6.03 Å². The second-order valence-corrected chi connectivity index (χ2v) is 5.39. The van der Waals surface area contributed by atoms with E-state index in [1.165, 1.54) is 20.0 Å². The Balaban J connectivity index is 1.87. The fraction of sp³-hybridized carbons (Fsp3) is 0.500. The molecule has 0 spiro atoms. The van der Waals surface area contributed by atoms with Crippen molar-refractivity contribution < 1.29 is 14.3 Å². The number of hydrogen-bond donors (Lipinski definition) is 2. The van der Waals surface area contributed by atoms with E-state index in [0.717, 1.165) is 31.6 Å². The number of ether oxygens (including phenoxy) is 1. The molecule has 3 amide bonds. The number of carbonyl (C=O) groups excluding carboxylic acids is 2. The van der Waals surface area contributed by atoms with Crippen LogP contribution in [0, 0.1) is 0 Å². The van der Waals surface area contributed by atoms with Crippen molar-refractivity contribution in [3.63, 3.8) is 0 Å². The molecule has 1 fully saturated rings. The van der Waals surface area contributed by atoms with Crippen molar-refractivity contribution in [1.29, 1.82) is 0 Å². The smallest absolute Gasteiger partial charge is 0.321 e. The molecule has 0 bridgehead atoms. The maximum Gasteiger partial charge on any atom is 0.321 e. The van der Waals surface area contributed by atoms with Gasteiger partial charge in [0.2, 0.25) is 5.91 Å². The predicted octanol–water partition coefficient (Wildman–Crippen LogP) is 2.68. The second-order valence-electron chi connectivity index (χ2n) is 5.39. The topological polar surface area (TPSA) is 70.7 Å². The van der Waals surface area contributed by atoms with Crippen molar-refractivity contribution >= 4 is 23.3 Å². The lowest BCUT2D eigenvalue weighted by atomic mass is 10.2. The van der Waals surface area contributed by atoms with E-state index in [2.05, 4.69) is 10.6 Å². The van der Waals surface area contributed by atoms with Crippen molar-refractivity contribution in [2.75, 3.05) is 37.4 Å². The molecule has 0 aliphatic carbocycles. The van der Waals surface area contributed by atoms with Crippen LogP contribution >= 0.6 is 0 Å². The Morgan fingerprint density at radius 2 is 1.55 bits per heavy atom. The zero-order chi connectivity index (χ0) is 15.8. The molecule has 1 aromatic carbocycles. The average Bonchev–Trinajstić information content (AvgIpc) is 2.78. The molecule has 22 heavy (non-hydrogen) atoms. The quantitative estimate of drug-likeness (QED) is 0.898. The number of hydrogen-bond acceptors (Lipinski definition) is 3. The van der Waals surface area contributed by atoms with Gasteiger partial charge in [-0.25, -0.2) is 4.79 Å². The molecular weight excluding hydrogens is 282 g/mol. The van der Waals surface area contributed by atoms with Crippen molar-refractivity contribution in [2.24, 2.45) is 0 Å². The van der Waals surface area contributed by atoms with Gasteiger partial charge in [-0.2, -0.15) is 0 Å². The molecule has 0 aromatic heterocycles. The summed E-state index contributed by atoms with van der Waals surface area (Å²) in [6.07, 6.45) is 4.52. The maximum atomic E-state index is 12.2. The summed E-state index contributed by atoms with van der Waals surface area (Å²) in [4.78, 5) is 25.5. The summed E-state index contributed by atoms with van der Waals surface area (Å²) in [6.45, 7) is 1.65. The van der Waals surface area contributed by atoms with E-state index in [0.29, 0.717) is 5.69 Å². The van der Waals surface area contributed by atoms with Crippen LogP contribution in [0.3, 0.4) is 0 Å². The third-order valence-electron chi connectivity index (χ3n) is 3.59. The highest BCUT2D eigenvalue weighted by atomic mass is 16.5. The number of rotatable bonds is 4. The average molecular weight is 305 g/mol. The Morgan fingerprint density at radius 3 is 2.09 bits per heavy atom. The van der Waals surface area contributed by atoms with Gasteiger partial charge in [-0.15, -0.1) is 0 Å². The zero-order valence-corrected chi connectivity index (χ0v) is 12.9. The molecule has 6 heteroatoms. The molecule has 120 valence electrons. The van der Waals surface area contributed by atoms with Gasteiger partial charge in [0.05, 0.1) is 0 Å². The molecule has 1 aliphatic rings. The Bertz CT molecular complexity index is 494. The molecule has 0 unspecified atom stereocenters. The first-order valence-corrected chi connectivity index (χ1v) is 7.64. The number of urea groups is 1. The first kappa shape index (κ1) is 16.3. The highest BCUT2D eigenvalue weighted by Crippen LogP contribution is 2.15. The van der Waals surface area contributed by atoms with Gasteiger partial charge in [0, 0.05) is 31.6 Å². The molecule has 1 aromatic rings. The van der Waals surface area contributed by atoms with Crippen LogP contribution in [0.1, 0.15) is 25.7 Å². The molecule has 1 heterocycles. The van der Waals surface area contributed by atoms with E-state index in [4.69, 9.17) is 4.74 Å². The largest absolute Gasteiger partial charge is 0.375 e. The molecule has 0 saturated carbocycles. The van der Waals surface area contributed by atoms with E-state index in [1.807, 2.05) is 4.90 Å². The monoisotopic (exact) mass is 305 g/mol. The van der Waals surface area contributed by atoms with E-state index in [1.54, 1.807) is 24.3 Å². The highest BCUT2D eigenvalue weighted by molar-refractivity contribution is 5.93. The third kappa shape index (κ3) is 5.04. The number of anilines is 2. The highest BCUT2D eigenvalue weighted by Gasteiger charge is 2.15. The minimum absolute atomic E-state index is 0.0213. The van der Waals surface area contributed by atoms with Crippen LogP contribution in [-0.2, 0) is 9.53 Å². The number of amides is 3. The summed E-state index contributed by atoms with van der Waals surface area (Å²) < 4.78 is 4.75. The molecule has 2 N–H and O–H groups in total. The lowest BCUT2D eigenvalue weighted by Gasteiger charge is -2.20. The number of nitrogens with zero attached hydrogens (tertiary/aromatic N) is 1. The van der Waals surface area contributed by atoms with Crippen molar-refractivity contribution in [1.82, 2.24) is 4.90 Å². The molecule has 2 rings (SSSR count). The Kier molecular flexibility index (Phi) is 6.21. The zero-order valence-electron chi connectivity index (χ0n) is 12.9. The van der Waals surface area contributed by atoms with Crippen molar-refractivity contribution in [3.8, 4) is 0 Å². The molecule has 1 aliphatic heterocycles. The first-order valence-electron chi connectivity index (χ1n) is 7.64. The van der Waals surface area contributed by atoms with E-state index < -0.39 is 0 Å². The summed E-state index contributed by atoms with van der Waals surface area (Å²) in [7, 11) is 1.47. The van der Waals surface area contributed by atoms with Crippen molar-refractivity contribution in [3.05, 3.63) is 24.3 Å². The summed E-state index contributed by atoms with van der Waals surface area (Å²) >= 11 is 0. The first-order chi connectivity index (χ1) is 10.7. The van der Waals surface area contributed by atoms with Gasteiger partial charge in [-0.3, -0.25) is 4.79 Å². The summed E-state index contributed by atoms with van der Waals surface area (Å²) in [5, 5.41) is 5.60. The molecule has 0 atom stereocenters.